The van der Waals surface area contributed by atoms with Gasteiger partial charge >= 0.3 is 0 Å². The molecule has 0 aliphatic carbocycles. The second-order valence-corrected chi connectivity index (χ2v) is 12.3. The van der Waals surface area contributed by atoms with E-state index in [0.717, 1.165) is 5.69 Å². The standard InChI is InChI=1S/C33H36ClN3O5/c1-4-21(2)25(20-38)37-28-31(41)36(24-14-12-22(34)13-15-24)19-9-17-33(28)27(30(37)40)26-29(39)35(23-10-6-5-7-11-23)18-8-16-32(26,3)42-33/h5-17,21,25-28,38H,4,18-20H2,1-3H3/t21-,25-,26+,27-,28?,32-,33-/m0/s1. The fraction of sp³-hybridized carbons (Fsp3) is 0.424. The summed E-state index contributed by atoms with van der Waals surface area (Å²) in [4.78, 5) is 48.7. The van der Waals surface area contributed by atoms with E-state index >= 15 is 0 Å². The van der Waals surface area contributed by atoms with E-state index in [9.17, 15) is 19.5 Å². The van der Waals surface area contributed by atoms with Gasteiger partial charge in [-0.2, -0.15) is 0 Å². The summed E-state index contributed by atoms with van der Waals surface area (Å²) < 4.78 is 6.93. The number of hydrogen-bond donors (Lipinski definition) is 1. The van der Waals surface area contributed by atoms with E-state index < -0.39 is 35.1 Å². The molecule has 8 nitrogen and oxygen atoms in total. The molecule has 0 bridgehead atoms. The largest absolute Gasteiger partial charge is 0.394 e. The van der Waals surface area contributed by atoms with Crippen LogP contribution in [0.25, 0.3) is 0 Å². The van der Waals surface area contributed by atoms with Crippen molar-refractivity contribution in [3.05, 3.63) is 83.9 Å². The number of nitrogens with zero attached hydrogens (tertiary/aromatic N) is 3. The molecule has 7 atom stereocenters. The van der Waals surface area contributed by atoms with Crippen molar-refractivity contribution in [1.82, 2.24) is 4.90 Å². The van der Waals surface area contributed by atoms with Gasteiger partial charge in [0.25, 0.3) is 5.91 Å². The number of ether oxygens (including phenoxy) is 1. The number of benzene rings is 2. The Labute approximate surface area is 251 Å². The molecule has 0 saturated carbocycles. The second kappa shape index (κ2) is 10.7. The minimum atomic E-state index is -1.41. The first-order valence-electron chi connectivity index (χ1n) is 14.6. The maximum atomic E-state index is 14.7. The third-order valence-corrected chi connectivity index (χ3v) is 9.80. The summed E-state index contributed by atoms with van der Waals surface area (Å²) in [6.07, 6.45) is 8.14. The van der Waals surface area contributed by atoms with Crippen molar-refractivity contribution >= 4 is 40.7 Å². The van der Waals surface area contributed by atoms with E-state index in [1.165, 1.54) is 4.90 Å². The quantitative estimate of drug-likeness (QED) is 0.510. The van der Waals surface area contributed by atoms with Crippen LogP contribution in [0, 0.1) is 17.8 Å². The van der Waals surface area contributed by atoms with Crippen LogP contribution < -0.4 is 9.80 Å². The van der Waals surface area contributed by atoms with E-state index in [1.807, 2.05) is 75.4 Å². The number of rotatable bonds is 6. The highest BCUT2D eigenvalue weighted by Gasteiger charge is 2.75. The number of amides is 3. The topological polar surface area (TPSA) is 90.4 Å². The fourth-order valence-electron chi connectivity index (χ4n) is 7.33. The van der Waals surface area contributed by atoms with Crippen molar-refractivity contribution in [3.8, 4) is 0 Å². The summed E-state index contributed by atoms with van der Waals surface area (Å²) in [6, 6.07) is 14.6. The molecule has 0 radical (unpaired) electrons. The molecule has 4 aliphatic heterocycles. The zero-order valence-electron chi connectivity index (χ0n) is 24.0. The first-order chi connectivity index (χ1) is 20.2. The van der Waals surface area contributed by atoms with E-state index in [2.05, 4.69) is 0 Å². The van der Waals surface area contributed by atoms with Gasteiger partial charge in [-0.25, -0.2) is 0 Å². The molecule has 220 valence electrons. The zero-order chi connectivity index (χ0) is 29.8. The first kappa shape index (κ1) is 28.6. The molecule has 2 saturated heterocycles. The smallest absolute Gasteiger partial charge is 0.253 e. The fourth-order valence-corrected chi connectivity index (χ4v) is 7.45. The Balaban J connectivity index is 1.51. The highest BCUT2D eigenvalue weighted by Crippen LogP contribution is 2.58. The van der Waals surface area contributed by atoms with Crippen LogP contribution in [-0.2, 0) is 19.1 Å². The minimum Gasteiger partial charge on any atom is -0.394 e. The minimum absolute atomic E-state index is 0.101. The molecule has 4 heterocycles. The van der Waals surface area contributed by atoms with E-state index in [-0.39, 0.29) is 36.8 Å². The molecular weight excluding hydrogens is 554 g/mol. The number of likely N-dealkylation sites (tertiary alicyclic amines) is 1. The van der Waals surface area contributed by atoms with Gasteiger partial charge in [0, 0.05) is 29.5 Å². The Morgan fingerprint density at radius 1 is 0.905 bits per heavy atom. The highest BCUT2D eigenvalue weighted by molar-refractivity contribution is 6.30. The maximum Gasteiger partial charge on any atom is 0.253 e. The molecule has 0 aromatic heterocycles. The molecule has 3 amide bonds. The lowest BCUT2D eigenvalue weighted by Crippen LogP contribution is -2.60. The van der Waals surface area contributed by atoms with Crippen LogP contribution in [0.15, 0.2) is 78.9 Å². The van der Waals surface area contributed by atoms with Crippen molar-refractivity contribution in [1.29, 1.82) is 0 Å². The highest BCUT2D eigenvalue weighted by atomic mass is 35.5. The van der Waals surface area contributed by atoms with Gasteiger partial charge in [0.05, 0.1) is 30.1 Å². The van der Waals surface area contributed by atoms with Crippen LogP contribution in [0.5, 0.6) is 0 Å². The number of aliphatic hydroxyl groups is 1. The molecule has 2 fully saturated rings. The summed E-state index contributed by atoms with van der Waals surface area (Å²) in [7, 11) is 0. The van der Waals surface area contributed by atoms with Gasteiger partial charge in [-0.3, -0.25) is 14.4 Å². The number of carbonyl (C=O) groups excluding carboxylic acids is 3. The number of hydrogen-bond acceptors (Lipinski definition) is 5. The molecule has 6 rings (SSSR count). The summed E-state index contributed by atoms with van der Waals surface area (Å²) in [6.45, 7) is 6.06. The van der Waals surface area contributed by atoms with Gasteiger partial charge in [-0.15, -0.1) is 0 Å². The SMILES string of the molecule is CC[C@H](C)[C@H](CO)N1C(=O)[C@@H]2[C@@H]3C(=O)N(c4ccccc4)CC=C[C@]3(C)O[C@@]23C=CCN(c2ccc(Cl)cc2)C(=O)C13. The third kappa shape index (κ3) is 4.22. The maximum absolute atomic E-state index is 14.7. The summed E-state index contributed by atoms with van der Waals surface area (Å²) in [5.41, 5.74) is -1.17. The zero-order valence-corrected chi connectivity index (χ0v) is 24.8. The van der Waals surface area contributed by atoms with Gasteiger partial charge in [0.1, 0.15) is 11.6 Å². The molecule has 2 aromatic carbocycles. The summed E-state index contributed by atoms with van der Waals surface area (Å²) in [5, 5.41) is 11.2. The monoisotopic (exact) mass is 589 g/mol. The first-order valence-corrected chi connectivity index (χ1v) is 15.0. The lowest BCUT2D eigenvalue weighted by Gasteiger charge is -2.41. The summed E-state index contributed by atoms with van der Waals surface area (Å²) >= 11 is 6.14. The van der Waals surface area contributed by atoms with Crippen LogP contribution >= 0.6 is 11.6 Å². The van der Waals surface area contributed by atoms with Crippen molar-refractivity contribution in [3.63, 3.8) is 0 Å². The van der Waals surface area contributed by atoms with Crippen molar-refractivity contribution < 1.29 is 24.2 Å². The Morgan fingerprint density at radius 2 is 1.52 bits per heavy atom. The van der Waals surface area contributed by atoms with Crippen LogP contribution in [-0.4, -0.2) is 70.7 Å². The number of anilines is 2. The van der Waals surface area contributed by atoms with Crippen LogP contribution in [0.2, 0.25) is 5.02 Å². The van der Waals surface area contributed by atoms with E-state index in [0.29, 0.717) is 23.7 Å². The molecular formula is C33H36ClN3O5. The Bertz CT molecular complexity index is 1450. The Kier molecular flexibility index (Phi) is 7.28. The van der Waals surface area contributed by atoms with Crippen molar-refractivity contribution in [2.45, 2.75) is 50.5 Å². The van der Waals surface area contributed by atoms with Gasteiger partial charge < -0.3 is 24.5 Å². The normalized spacial score (nSPS) is 31.9. The Hall–Kier alpha value is -3.46. The molecule has 1 N–H and O–H groups in total. The predicted octanol–water partition coefficient (Wildman–Crippen LogP) is 4.22. The lowest BCUT2D eigenvalue weighted by atomic mass is 9.74. The molecule has 1 unspecified atom stereocenters. The van der Waals surface area contributed by atoms with Gasteiger partial charge in [-0.05, 0) is 49.2 Å². The average Bonchev–Trinajstić information content (AvgIpc) is 3.25. The van der Waals surface area contributed by atoms with Gasteiger partial charge in [0.15, 0.2) is 0 Å². The number of fused-ring (bicyclic) bond motifs is 2. The third-order valence-electron chi connectivity index (χ3n) is 9.55. The van der Waals surface area contributed by atoms with E-state index in [1.54, 1.807) is 34.1 Å². The second-order valence-electron chi connectivity index (χ2n) is 11.9. The Morgan fingerprint density at radius 3 is 2.17 bits per heavy atom. The number of halogens is 1. The molecule has 1 spiro atoms. The average molecular weight is 590 g/mol. The number of aliphatic hydroxyl groups excluding tert-OH is 1. The summed E-state index contributed by atoms with van der Waals surface area (Å²) in [5.74, 6) is -2.84. The van der Waals surface area contributed by atoms with Gasteiger partial charge in [0.2, 0.25) is 11.8 Å². The van der Waals surface area contributed by atoms with Gasteiger partial charge in [-0.1, -0.05) is 74.4 Å². The molecule has 9 heteroatoms. The van der Waals surface area contributed by atoms with Crippen molar-refractivity contribution in [2.24, 2.45) is 17.8 Å². The lowest BCUT2D eigenvalue weighted by molar-refractivity contribution is -0.149. The van der Waals surface area contributed by atoms with Crippen LogP contribution in [0.4, 0.5) is 11.4 Å². The van der Waals surface area contributed by atoms with E-state index in [4.69, 9.17) is 16.3 Å². The number of carbonyl (C=O) groups is 3. The molecule has 2 aromatic rings. The van der Waals surface area contributed by atoms with Crippen molar-refractivity contribution in [2.75, 3.05) is 29.5 Å². The molecule has 4 aliphatic rings. The molecule has 42 heavy (non-hydrogen) atoms. The number of para-hydroxylation sites is 1. The predicted molar refractivity (Wildman–Crippen MR) is 161 cm³/mol. The van der Waals surface area contributed by atoms with Crippen LogP contribution in [0.3, 0.4) is 0 Å². The van der Waals surface area contributed by atoms with Crippen LogP contribution in [0.1, 0.15) is 27.2 Å².